The monoisotopic (exact) mass is 434 g/mol. The Morgan fingerprint density at radius 2 is 1.56 bits per heavy atom. The lowest BCUT2D eigenvalue weighted by Gasteiger charge is -2.30. The second-order valence-corrected chi connectivity index (χ2v) is 9.18. The summed E-state index contributed by atoms with van der Waals surface area (Å²) in [6.45, 7) is 17.0. The summed E-state index contributed by atoms with van der Waals surface area (Å²) < 4.78 is 1.85. The van der Waals surface area contributed by atoms with Gasteiger partial charge in [0.25, 0.3) is 0 Å². The van der Waals surface area contributed by atoms with Gasteiger partial charge in [0.1, 0.15) is 0 Å². The highest BCUT2D eigenvalue weighted by Crippen LogP contribution is 2.28. The molecule has 2 unspecified atom stereocenters. The first-order valence-electron chi connectivity index (χ1n) is 12.0. The quantitative estimate of drug-likeness (QED) is 0.425. The fraction of sp³-hybridized carbons (Fsp3) is 0.500. The molecular formula is C28H42N4. The van der Waals surface area contributed by atoms with Crippen molar-refractivity contribution in [3.8, 4) is 11.1 Å². The molecule has 1 aliphatic heterocycles. The summed E-state index contributed by atoms with van der Waals surface area (Å²) in [5.74, 6) is 0.927. The van der Waals surface area contributed by atoms with Crippen LogP contribution in [0.5, 0.6) is 0 Å². The molecule has 3 aromatic rings. The summed E-state index contributed by atoms with van der Waals surface area (Å²) in [6.07, 6.45) is 4.75. The number of piperidine rings is 1. The summed E-state index contributed by atoms with van der Waals surface area (Å²) in [5.41, 5.74) is 6.76. The molecule has 1 saturated heterocycles. The van der Waals surface area contributed by atoms with Crippen molar-refractivity contribution in [3.05, 3.63) is 48.2 Å². The van der Waals surface area contributed by atoms with E-state index in [1.807, 2.05) is 45.6 Å². The van der Waals surface area contributed by atoms with Crippen molar-refractivity contribution in [1.29, 1.82) is 0 Å². The van der Waals surface area contributed by atoms with Crippen molar-refractivity contribution in [3.63, 3.8) is 0 Å². The molecule has 174 valence electrons. The summed E-state index contributed by atoms with van der Waals surface area (Å²) >= 11 is 0. The van der Waals surface area contributed by atoms with Crippen LogP contribution in [-0.4, -0.2) is 27.6 Å². The van der Waals surface area contributed by atoms with Crippen LogP contribution in [0.15, 0.2) is 47.6 Å². The molecule has 1 N–H and O–H groups in total. The lowest BCUT2D eigenvalue weighted by Crippen LogP contribution is -2.41. The SMILES string of the molecule is CC.CC(C)=Nc1ccc(-c2ccc3nn(C)cc3c2)cc1C.CC1CC(C)NC(C)C1. The normalized spacial score (nSPS) is 20.0. The highest BCUT2D eigenvalue weighted by atomic mass is 15.2. The first-order chi connectivity index (χ1) is 15.2. The third kappa shape index (κ3) is 7.30. The van der Waals surface area contributed by atoms with Gasteiger partial charge in [0.2, 0.25) is 0 Å². The Morgan fingerprint density at radius 3 is 2.12 bits per heavy atom. The molecule has 0 aliphatic carbocycles. The van der Waals surface area contributed by atoms with E-state index in [1.165, 1.54) is 34.9 Å². The van der Waals surface area contributed by atoms with E-state index in [-0.39, 0.29) is 0 Å². The number of hydrogen-bond donors (Lipinski definition) is 1. The Bertz CT molecular complexity index is 1000. The molecule has 0 saturated carbocycles. The van der Waals surface area contributed by atoms with Crippen LogP contribution in [0.1, 0.15) is 66.9 Å². The van der Waals surface area contributed by atoms with Gasteiger partial charge in [-0.2, -0.15) is 5.10 Å². The zero-order valence-electron chi connectivity index (χ0n) is 21.5. The standard InChI is InChI=1S/C18H19N3.C8H17N.C2H6/c1-12(2)19-17-7-5-14(9-13(17)3)15-6-8-18-16(10-15)11-21(4)20-18;1-6-4-7(2)9-8(3)5-6;1-2/h5-11H,1-4H3;6-9H,4-5H2,1-3H3;1-2H3. The van der Waals surface area contributed by atoms with Gasteiger partial charge in [0, 0.05) is 36.4 Å². The minimum Gasteiger partial charge on any atom is -0.312 e. The van der Waals surface area contributed by atoms with Crippen LogP contribution in [0.4, 0.5) is 5.69 Å². The van der Waals surface area contributed by atoms with E-state index < -0.39 is 0 Å². The van der Waals surface area contributed by atoms with Crippen molar-refractivity contribution in [2.45, 2.75) is 80.3 Å². The molecule has 0 spiro atoms. The third-order valence-corrected chi connectivity index (χ3v) is 5.57. The van der Waals surface area contributed by atoms with Crippen LogP contribution >= 0.6 is 0 Å². The first kappa shape index (κ1) is 25.8. The zero-order chi connectivity index (χ0) is 23.8. The minimum atomic E-state index is 0.740. The van der Waals surface area contributed by atoms with E-state index >= 15 is 0 Å². The van der Waals surface area contributed by atoms with Gasteiger partial charge < -0.3 is 5.32 Å². The molecule has 1 aromatic heterocycles. The maximum absolute atomic E-state index is 4.55. The van der Waals surface area contributed by atoms with Gasteiger partial charge in [-0.05, 0) is 94.3 Å². The molecule has 0 bridgehead atoms. The molecule has 4 rings (SSSR count). The Kier molecular flexibility index (Phi) is 9.64. The third-order valence-electron chi connectivity index (χ3n) is 5.57. The molecule has 0 amide bonds. The Hall–Kier alpha value is -2.46. The molecule has 32 heavy (non-hydrogen) atoms. The lowest BCUT2D eigenvalue weighted by molar-refractivity contribution is 0.279. The number of fused-ring (bicyclic) bond motifs is 1. The van der Waals surface area contributed by atoms with Crippen molar-refractivity contribution < 1.29 is 0 Å². The van der Waals surface area contributed by atoms with Gasteiger partial charge in [-0.25, -0.2) is 0 Å². The van der Waals surface area contributed by atoms with Gasteiger partial charge >= 0.3 is 0 Å². The summed E-state index contributed by atoms with van der Waals surface area (Å²) in [5, 5.41) is 9.09. The Morgan fingerprint density at radius 1 is 0.969 bits per heavy atom. The summed E-state index contributed by atoms with van der Waals surface area (Å²) in [4.78, 5) is 4.55. The van der Waals surface area contributed by atoms with Crippen LogP contribution in [0.25, 0.3) is 22.0 Å². The molecule has 2 aromatic carbocycles. The Labute approximate surface area is 195 Å². The number of rotatable bonds is 2. The molecule has 4 heteroatoms. The van der Waals surface area contributed by atoms with Crippen LogP contribution < -0.4 is 5.32 Å². The maximum Gasteiger partial charge on any atom is 0.0923 e. The average Bonchev–Trinajstić information content (AvgIpc) is 3.09. The van der Waals surface area contributed by atoms with Crippen molar-refractivity contribution in [1.82, 2.24) is 15.1 Å². The fourth-order valence-electron chi connectivity index (χ4n) is 4.46. The molecule has 2 heterocycles. The van der Waals surface area contributed by atoms with Crippen molar-refractivity contribution in [2.75, 3.05) is 0 Å². The van der Waals surface area contributed by atoms with E-state index in [2.05, 4.69) is 79.5 Å². The highest BCUT2D eigenvalue weighted by molar-refractivity contribution is 5.85. The number of nitrogens with one attached hydrogen (secondary N) is 1. The first-order valence-corrected chi connectivity index (χ1v) is 12.0. The van der Waals surface area contributed by atoms with Crippen LogP contribution in [-0.2, 0) is 7.05 Å². The second-order valence-electron chi connectivity index (χ2n) is 9.18. The van der Waals surface area contributed by atoms with Gasteiger partial charge in [-0.1, -0.05) is 32.9 Å². The van der Waals surface area contributed by atoms with Gasteiger partial charge in [0.05, 0.1) is 11.2 Å². The zero-order valence-corrected chi connectivity index (χ0v) is 21.5. The number of nitrogens with zero attached hydrogens (tertiary/aromatic N) is 3. The van der Waals surface area contributed by atoms with Crippen molar-refractivity contribution >= 4 is 22.3 Å². The number of benzene rings is 2. The van der Waals surface area contributed by atoms with Gasteiger partial charge in [-0.3, -0.25) is 9.67 Å². The largest absolute Gasteiger partial charge is 0.312 e. The van der Waals surface area contributed by atoms with E-state index in [0.29, 0.717) is 0 Å². The predicted octanol–water partition coefficient (Wildman–Crippen LogP) is 7.47. The van der Waals surface area contributed by atoms with E-state index in [1.54, 1.807) is 0 Å². The molecule has 0 radical (unpaired) electrons. The Balaban J connectivity index is 0.000000277. The molecule has 2 atom stereocenters. The summed E-state index contributed by atoms with van der Waals surface area (Å²) in [7, 11) is 1.95. The average molecular weight is 435 g/mol. The topological polar surface area (TPSA) is 42.2 Å². The molecule has 4 nitrogen and oxygen atoms in total. The summed E-state index contributed by atoms with van der Waals surface area (Å²) in [6, 6.07) is 14.3. The lowest BCUT2D eigenvalue weighted by atomic mass is 9.91. The molecular weight excluding hydrogens is 392 g/mol. The minimum absolute atomic E-state index is 0.740. The molecule has 1 fully saturated rings. The smallest absolute Gasteiger partial charge is 0.0923 e. The van der Waals surface area contributed by atoms with Gasteiger partial charge in [-0.15, -0.1) is 0 Å². The van der Waals surface area contributed by atoms with Crippen LogP contribution in [0.2, 0.25) is 0 Å². The highest BCUT2D eigenvalue weighted by Gasteiger charge is 2.18. The second kappa shape index (κ2) is 12.0. The van der Waals surface area contributed by atoms with E-state index in [0.717, 1.165) is 34.9 Å². The maximum atomic E-state index is 4.55. The van der Waals surface area contributed by atoms with Gasteiger partial charge in [0.15, 0.2) is 0 Å². The number of aryl methyl sites for hydroxylation is 2. The number of aromatic nitrogens is 2. The van der Waals surface area contributed by atoms with Crippen molar-refractivity contribution in [2.24, 2.45) is 18.0 Å². The predicted molar refractivity (Wildman–Crippen MR) is 141 cm³/mol. The van der Waals surface area contributed by atoms with Crippen LogP contribution in [0, 0.1) is 12.8 Å². The molecule has 1 aliphatic rings. The fourth-order valence-corrected chi connectivity index (χ4v) is 4.46. The van der Waals surface area contributed by atoms with E-state index in [9.17, 15) is 0 Å². The van der Waals surface area contributed by atoms with Crippen LogP contribution in [0.3, 0.4) is 0 Å². The van der Waals surface area contributed by atoms with E-state index in [4.69, 9.17) is 0 Å². The number of aliphatic imine (C=N–C) groups is 1. The number of hydrogen-bond acceptors (Lipinski definition) is 3.